The third-order valence-corrected chi connectivity index (χ3v) is 11.9. The SMILES string of the molecule is CC(C)C(C)(C(C)C)C(C)[PH](C)(C)C(C)C. The molecule has 0 radical (unpaired) electrons. The monoisotopic (exact) mass is 246 g/mol. The van der Waals surface area contributed by atoms with Crippen LogP contribution in [0.5, 0.6) is 0 Å². The molecule has 0 fully saturated rings. The number of hydrogen-bond donors (Lipinski definition) is 0. The molecule has 1 heteroatoms. The Bertz CT molecular complexity index is 205. The van der Waals surface area contributed by atoms with Crippen LogP contribution < -0.4 is 0 Å². The van der Waals surface area contributed by atoms with Gasteiger partial charge in [-0.05, 0) is 0 Å². The Morgan fingerprint density at radius 2 is 1.06 bits per heavy atom. The van der Waals surface area contributed by atoms with Crippen LogP contribution in [0.25, 0.3) is 0 Å². The van der Waals surface area contributed by atoms with Crippen molar-refractivity contribution in [3.8, 4) is 0 Å². The van der Waals surface area contributed by atoms with E-state index >= 15 is 0 Å². The molecule has 100 valence electrons. The molecule has 0 bridgehead atoms. The van der Waals surface area contributed by atoms with Gasteiger partial charge in [-0.25, -0.2) is 0 Å². The molecule has 0 nitrogen and oxygen atoms in total. The van der Waals surface area contributed by atoms with Gasteiger partial charge in [-0.1, -0.05) is 0 Å². The summed E-state index contributed by atoms with van der Waals surface area (Å²) in [7, 11) is -1.15. The molecule has 0 amide bonds. The Balaban J connectivity index is 5.26. The second kappa shape index (κ2) is 5.38. The second-order valence-corrected chi connectivity index (χ2v) is 13.0. The first-order valence-electron chi connectivity index (χ1n) is 6.98. The Labute approximate surface area is 105 Å². The third kappa shape index (κ3) is 2.81. The molecule has 0 aromatic carbocycles. The van der Waals surface area contributed by atoms with E-state index in [0.717, 1.165) is 23.2 Å². The molecule has 0 aromatic rings. The van der Waals surface area contributed by atoms with Crippen molar-refractivity contribution in [3.63, 3.8) is 0 Å². The first-order valence-corrected chi connectivity index (χ1v) is 10.1. The zero-order valence-corrected chi connectivity index (χ0v) is 14.3. The van der Waals surface area contributed by atoms with Gasteiger partial charge in [-0.2, -0.15) is 0 Å². The van der Waals surface area contributed by atoms with E-state index in [1.165, 1.54) is 0 Å². The number of rotatable bonds is 5. The van der Waals surface area contributed by atoms with Gasteiger partial charge in [-0.3, -0.25) is 0 Å². The van der Waals surface area contributed by atoms with Gasteiger partial charge in [0, 0.05) is 0 Å². The van der Waals surface area contributed by atoms with Crippen molar-refractivity contribution in [2.45, 2.75) is 66.7 Å². The van der Waals surface area contributed by atoms with Crippen molar-refractivity contribution in [2.75, 3.05) is 13.3 Å². The Hall–Kier alpha value is 0.430. The van der Waals surface area contributed by atoms with Crippen molar-refractivity contribution in [2.24, 2.45) is 17.3 Å². The predicted molar refractivity (Wildman–Crippen MR) is 82.5 cm³/mol. The summed E-state index contributed by atoms with van der Waals surface area (Å²) in [6.07, 6.45) is 0. The zero-order chi connectivity index (χ0) is 13.3. The Kier molecular flexibility index (Phi) is 5.53. The van der Waals surface area contributed by atoms with E-state index in [4.69, 9.17) is 0 Å². The molecule has 0 aliphatic heterocycles. The fraction of sp³-hybridized carbons (Fsp3) is 1.00. The molecule has 16 heavy (non-hydrogen) atoms. The first kappa shape index (κ1) is 16.4. The van der Waals surface area contributed by atoms with Gasteiger partial charge in [-0.15, -0.1) is 0 Å². The molecule has 0 aliphatic carbocycles. The topological polar surface area (TPSA) is 0 Å². The third-order valence-electron chi connectivity index (χ3n) is 6.03. The average molecular weight is 246 g/mol. The second-order valence-electron chi connectivity index (χ2n) is 7.37. The summed E-state index contributed by atoms with van der Waals surface area (Å²) in [5.74, 6) is 1.54. The molecular formula is C15H35P. The fourth-order valence-corrected chi connectivity index (χ4v) is 6.24. The molecule has 0 saturated carbocycles. The standard InChI is InChI=1S/C15H35P/c1-11(2)15(8,12(3)4)14(7)16(9,10)13(5)6/h11-14,16H,1-10H3. The molecule has 1 unspecified atom stereocenters. The van der Waals surface area contributed by atoms with Crippen LogP contribution in [0.3, 0.4) is 0 Å². The quantitative estimate of drug-likeness (QED) is 0.591. The maximum atomic E-state index is 2.57. The summed E-state index contributed by atoms with van der Waals surface area (Å²) in [6, 6.07) is 0. The van der Waals surface area contributed by atoms with E-state index in [1.807, 2.05) is 0 Å². The maximum absolute atomic E-state index is 2.57. The van der Waals surface area contributed by atoms with Crippen LogP contribution in [-0.4, -0.2) is 24.6 Å². The normalized spacial score (nSPS) is 17.3. The molecule has 0 aliphatic rings. The molecule has 0 aromatic heterocycles. The molecule has 0 saturated heterocycles. The first-order chi connectivity index (χ1) is 6.98. The van der Waals surface area contributed by atoms with E-state index in [1.54, 1.807) is 0 Å². The molecule has 0 spiro atoms. The van der Waals surface area contributed by atoms with Crippen LogP contribution in [0.15, 0.2) is 0 Å². The van der Waals surface area contributed by atoms with Crippen molar-refractivity contribution in [1.29, 1.82) is 0 Å². The summed E-state index contributed by atoms with van der Waals surface area (Å²) in [6.45, 7) is 24.6. The van der Waals surface area contributed by atoms with Gasteiger partial charge in [0.1, 0.15) is 0 Å². The summed E-state index contributed by atoms with van der Waals surface area (Å²) >= 11 is 0. The van der Waals surface area contributed by atoms with E-state index in [9.17, 15) is 0 Å². The molecular weight excluding hydrogens is 211 g/mol. The molecule has 0 N–H and O–H groups in total. The van der Waals surface area contributed by atoms with Gasteiger partial charge < -0.3 is 0 Å². The molecule has 0 heterocycles. The molecule has 1 atom stereocenters. The van der Waals surface area contributed by atoms with Crippen molar-refractivity contribution < 1.29 is 0 Å². The van der Waals surface area contributed by atoms with Crippen molar-refractivity contribution in [1.82, 2.24) is 0 Å². The van der Waals surface area contributed by atoms with Crippen molar-refractivity contribution in [3.05, 3.63) is 0 Å². The van der Waals surface area contributed by atoms with Crippen LogP contribution in [-0.2, 0) is 0 Å². The summed E-state index contributed by atoms with van der Waals surface area (Å²) in [5, 5.41) is 0. The Morgan fingerprint density at radius 1 is 0.750 bits per heavy atom. The van der Waals surface area contributed by atoms with Gasteiger partial charge in [0.15, 0.2) is 0 Å². The van der Waals surface area contributed by atoms with Gasteiger partial charge in [0.25, 0.3) is 0 Å². The minimum absolute atomic E-state index is 0.486. The van der Waals surface area contributed by atoms with Crippen LogP contribution in [0.4, 0.5) is 0 Å². The molecule has 0 rings (SSSR count). The minimum atomic E-state index is -1.15. The van der Waals surface area contributed by atoms with Gasteiger partial charge >= 0.3 is 105 Å². The average Bonchev–Trinajstić information content (AvgIpc) is 2.14. The van der Waals surface area contributed by atoms with E-state index in [0.29, 0.717) is 5.41 Å². The number of hydrogen-bond acceptors (Lipinski definition) is 0. The van der Waals surface area contributed by atoms with Crippen LogP contribution in [0.2, 0.25) is 0 Å². The van der Waals surface area contributed by atoms with Gasteiger partial charge in [0.2, 0.25) is 0 Å². The summed E-state index contributed by atoms with van der Waals surface area (Å²) in [5.41, 5.74) is 2.24. The summed E-state index contributed by atoms with van der Waals surface area (Å²) in [4.78, 5) is 0. The van der Waals surface area contributed by atoms with Crippen LogP contribution in [0.1, 0.15) is 55.4 Å². The van der Waals surface area contributed by atoms with E-state index in [2.05, 4.69) is 68.7 Å². The van der Waals surface area contributed by atoms with Crippen molar-refractivity contribution >= 4 is 7.26 Å². The summed E-state index contributed by atoms with van der Waals surface area (Å²) < 4.78 is 0. The Morgan fingerprint density at radius 3 is 1.25 bits per heavy atom. The van der Waals surface area contributed by atoms with E-state index < -0.39 is 7.26 Å². The van der Waals surface area contributed by atoms with E-state index in [-0.39, 0.29) is 0 Å². The fourth-order valence-electron chi connectivity index (χ4n) is 2.97. The van der Waals surface area contributed by atoms with Crippen LogP contribution >= 0.6 is 7.26 Å². The van der Waals surface area contributed by atoms with Gasteiger partial charge in [0.05, 0.1) is 0 Å². The van der Waals surface area contributed by atoms with Crippen LogP contribution in [0, 0.1) is 17.3 Å². The predicted octanol–water partition coefficient (Wildman–Crippen LogP) is 5.11. The zero-order valence-electron chi connectivity index (χ0n) is 13.3.